The molecule has 0 spiro atoms. The van der Waals surface area contributed by atoms with Gasteiger partial charge in [-0.1, -0.05) is 121 Å². The predicted octanol–water partition coefficient (Wildman–Crippen LogP) is 7.40. The quantitative estimate of drug-likeness (QED) is 0.111. The number of carbonyl (C=O) groups excluding carboxylic acids is 3. The fourth-order valence-electron chi connectivity index (χ4n) is 8.68. The van der Waals surface area contributed by atoms with E-state index in [4.69, 9.17) is 0 Å². The zero-order valence-corrected chi connectivity index (χ0v) is 26.3. The third kappa shape index (κ3) is 3.61. The second kappa shape index (κ2) is 10.5. The molecule has 4 atom stereocenters. The van der Waals surface area contributed by atoms with E-state index < -0.39 is 39.4 Å². The first kappa shape index (κ1) is 29.5. The largest absolute Gasteiger partial charge is 0.297 e. The first-order valence-corrected chi connectivity index (χ1v) is 15.9. The van der Waals surface area contributed by atoms with Gasteiger partial charge in [0, 0.05) is 6.07 Å². The number of nitrogens with zero attached hydrogens (tertiary/aromatic N) is 2. The monoisotopic (exact) mass is 630 g/mol. The minimum atomic E-state index is -1.58. The highest BCUT2D eigenvalue weighted by Crippen LogP contribution is 2.74. The van der Waals surface area contributed by atoms with Crippen molar-refractivity contribution in [2.45, 2.75) is 24.7 Å². The van der Waals surface area contributed by atoms with Crippen molar-refractivity contribution in [2.24, 2.45) is 11.8 Å². The van der Waals surface area contributed by atoms with Crippen molar-refractivity contribution in [3.05, 3.63) is 177 Å². The summed E-state index contributed by atoms with van der Waals surface area (Å²) in [5.74, 6) is -3.80. The van der Waals surface area contributed by atoms with Crippen molar-refractivity contribution in [3.8, 4) is 0 Å². The topological polar surface area (TPSA) is 97.6 Å². The highest BCUT2D eigenvalue weighted by atomic mass is 16.6. The second-order valence-electron chi connectivity index (χ2n) is 12.8. The Morgan fingerprint density at radius 3 is 1.35 bits per heavy atom. The number of aryl methyl sites for hydroxylation is 2. The number of allylic oxidation sites excluding steroid dienone is 2. The fraction of sp³-hybridized carbons (Fsp3) is 0.146. The lowest BCUT2D eigenvalue weighted by molar-refractivity contribution is -0.384. The molecule has 2 amide bonds. The molecule has 2 bridgehead atoms. The molecule has 48 heavy (non-hydrogen) atoms. The summed E-state index contributed by atoms with van der Waals surface area (Å²) in [6.07, 6.45) is 0. The Morgan fingerprint density at radius 2 is 0.958 bits per heavy atom. The Labute approximate surface area is 277 Å². The number of hydrogen-bond donors (Lipinski definition) is 0. The van der Waals surface area contributed by atoms with Crippen molar-refractivity contribution >= 4 is 40.1 Å². The molecular formula is C41H30N2O5. The fourth-order valence-corrected chi connectivity index (χ4v) is 8.68. The minimum absolute atomic E-state index is 0.0757. The SMILES string of the molecule is Cc1cc(N2C(=O)[C@@H]3[C@H](C2=O)[C@@]2(c4ccccc4)C(=O)[C@@]3(c3ccccc3)C(c3ccccc3)=C2c2ccccc2)c([N+](=O)[O-])cc1C. The summed E-state index contributed by atoms with van der Waals surface area (Å²) < 4.78 is 0. The van der Waals surface area contributed by atoms with Gasteiger partial charge in [-0.25, -0.2) is 4.90 Å². The van der Waals surface area contributed by atoms with Crippen LogP contribution in [0.2, 0.25) is 0 Å². The lowest BCUT2D eigenvalue weighted by Crippen LogP contribution is -2.45. The number of nitro groups is 1. The number of rotatable bonds is 6. The average molecular weight is 631 g/mol. The molecule has 234 valence electrons. The predicted molar refractivity (Wildman–Crippen MR) is 183 cm³/mol. The van der Waals surface area contributed by atoms with Crippen LogP contribution in [0, 0.1) is 35.8 Å². The van der Waals surface area contributed by atoms with Crippen molar-refractivity contribution in [1.29, 1.82) is 0 Å². The summed E-state index contributed by atoms with van der Waals surface area (Å²) >= 11 is 0. The van der Waals surface area contributed by atoms with Crippen LogP contribution in [0.3, 0.4) is 0 Å². The minimum Gasteiger partial charge on any atom is -0.297 e. The van der Waals surface area contributed by atoms with E-state index >= 15 is 14.4 Å². The van der Waals surface area contributed by atoms with Crippen LogP contribution in [0.1, 0.15) is 33.4 Å². The van der Waals surface area contributed by atoms with Gasteiger partial charge in [-0.05, 0) is 64.4 Å². The Morgan fingerprint density at radius 1 is 0.583 bits per heavy atom. The lowest BCUT2D eigenvalue weighted by Gasteiger charge is -2.39. The molecular weight excluding hydrogens is 600 g/mol. The summed E-state index contributed by atoms with van der Waals surface area (Å²) in [6.45, 7) is 3.55. The Balaban J connectivity index is 1.55. The number of nitro benzene ring substituents is 1. The van der Waals surface area contributed by atoms with Crippen molar-refractivity contribution < 1.29 is 19.3 Å². The molecule has 0 unspecified atom stereocenters. The number of imide groups is 1. The number of anilines is 1. The molecule has 2 fully saturated rings. The number of ketones is 1. The number of hydrogen-bond acceptors (Lipinski definition) is 5. The number of Topliss-reactive ketones (excluding diaryl/α,β-unsaturated/α-hetero) is 1. The van der Waals surface area contributed by atoms with Crippen LogP contribution in [0.4, 0.5) is 11.4 Å². The van der Waals surface area contributed by atoms with Gasteiger partial charge in [-0.2, -0.15) is 0 Å². The standard InChI is InChI=1S/C41H30N2O5/c1-25-23-31(32(43(47)48)24-26(25)2)42-37(44)35-36(38(42)45)41(30-21-13-6-14-22-30)34(28-17-9-4-10-18-28)33(27-15-7-3-8-16-27)40(35,39(41)46)29-19-11-5-12-20-29/h3-24,35-36H,1-2H3/t35-,36+,40-,41-/m0/s1. The van der Waals surface area contributed by atoms with E-state index in [1.807, 2.05) is 121 Å². The number of carbonyl (C=O) groups is 3. The zero-order chi connectivity index (χ0) is 33.4. The molecule has 0 aromatic heterocycles. The molecule has 0 radical (unpaired) electrons. The third-order valence-electron chi connectivity index (χ3n) is 10.6. The van der Waals surface area contributed by atoms with E-state index in [2.05, 4.69) is 0 Å². The van der Waals surface area contributed by atoms with Crippen LogP contribution in [0.5, 0.6) is 0 Å². The van der Waals surface area contributed by atoms with Gasteiger partial charge in [-0.15, -0.1) is 0 Å². The normalized spacial score (nSPS) is 24.4. The van der Waals surface area contributed by atoms with Crippen LogP contribution in [-0.2, 0) is 25.2 Å². The third-order valence-corrected chi connectivity index (χ3v) is 10.6. The average Bonchev–Trinajstić information content (AvgIpc) is 3.62. The summed E-state index contributed by atoms with van der Waals surface area (Å²) in [5.41, 5.74) is 1.89. The molecule has 1 heterocycles. The highest BCUT2D eigenvalue weighted by Gasteiger charge is 2.83. The van der Waals surface area contributed by atoms with E-state index in [9.17, 15) is 10.1 Å². The molecule has 7 nitrogen and oxygen atoms in total. The molecule has 1 saturated heterocycles. The molecule has 5 aromatic rings. The molecule has 7 heteroatoms. The van der Waals surface area contributed by atoms with Crippen molar-refractivity contribution in [2.75, 3.05) is 4.90 Å². The summed E-state index contributed by atoms with van der Waals surface area (Å²) in [6, 6.07) is 40.6. The second-order valence-corrected chi connectivity index (χ2v) is 12.8. The summed E-state index contributed by atoms with van der Waals surface area (Å²) in [7, 11) is 0. The Hall–Kier alpha value is -5.95. The van der Waals surface area contributed by atoms with Crippen LogP contribution < -0.4 is 4.90 Å². The Kier molecular flexibility index (Phi) is 6.47. The number of amides is 2. The van der Waals surface area contributed by atoms with Gasteiger partial charge in [0.25, 0.3) is 5.69 Å². The molecule has 1 saturated carbocycles. The molecule has 5 aromatic carbocycles. The van der Waals surface area contributed by atoms with Gasteiger partial charge < -0.3 is 0 Å². The lowest BCUT2D eigenvalue weighted by atomic mass is 9.59. The van der Waals surface area contributed by atoms with Gasteiger partial charge in [0.2, 0.25) is 11.8 Å². The smallest absolute Gasteiger partial charge is 0.293 e. The van der Waals surface area contributed by atoms with Crippen LogP contribution in [-0.4, -0.2) is 22.5 Å². The summed E-state index contributed by atoms with van der Waals surface area (Å²) in [4.78, 5) is 59.2. The van der Waals surface area contributed by atoms with E-state index in [1.165, 1.54) is 6.07 Å². The first-order chi connectivity index (χ1) is 23.2. The van der Waals surface area contributed by atoms with Crippen molar-refractivity contribution in [1.82, 2.24) is 0 Å². The van der Waals surface area contributed by atoms with Gasteiger partial charge in [0.1, 0.15) is 5.69 Å². The van der Waals surface area contributed by atoms with E-state index in [1.54, 1.807) is 19.9 Å². The van der Waals surface area contributed by atoms with Gasteiger partial charge in [-0.3, -0.25) is 24.5 Å². The zero-order valence-electron chi connectivity index (χ0n) is 26.3. The van der Waals surface area contributed by atoms with E-state index in [0.717, 1.165) is 16.0 Å². The maximum atomic E-state index is 15.9. The van der Waals surface area contributed by atoms with Crippen LogP contribution >= 0.6 is 0 Å². The Bertz CT molecular complexity index is 2080. The van der Waals surface area contributed by atoms with Crippen molar-refractivity contribution in [3.63, 3.8) is 0 Å². The van der Waals surface area contributed by atoms with E-state index in [-0.39, 0.29) is 17.2 Å². The van der Waals surface area contributed by atoms with Crippen LogP contribution in [0.25, 0.3) is 11.1 Å². The number of fused-ring (bicyclic) bond motifs is 5. The van der Waals surface area contributed by atoms with Gasteiger partial charge >= 0.3 is 0 Å². The summed E-state index contributed by atoms with van der Waals surface area (Å²) in [5, 5.41) is 12.4. The molecule has 0 N–H and O–H groups in total. The molecule has 3 aliphatic rings. The molecule has 1 aliphatic heterocycles. The van der Waals surface area contributed by atoms with E-state index in [0.29, 0.717) is 33.4 Å². The van der Waals surface area contributed by atoms with Crippen LogP contribution in [0.15, 0.2) is 133 Å². The van der Waals surface area contributed by atoms with Gasteiger partial charge in [0.15, 0.2) is 5.78 Å². The molecule has 8 rings (SSSR count). The highest BCUT2D eigenvalue weighted by molar-refractivity contribution is 6.39. The number of benzene rings is 5. The van der Waals surface area contributed by atoms with Gasteiger partial charge in [0.05, 0.1) is 27.6 Å². The first-order valence-electron chi connectivity index (χ1n) is 15.9. The molecule has 2 aliphatic carbocycles. The maximum Gasteiger partial charge on any atom is 0.293 e. The maximum absolute atomic E-state index is 15.9.